The van der Waals surface area contributed by atoms with Crippen LogP contribution in [0.25, 0.3) is 0 Å². The first-order valence-corrected chi connectivity index (χ1v) is 8.50. The van der Waals surface area contributed by atoms with Crippen molar-refractivity contribution in [1.82, 2.24) is 0 Å². The van der Waals surface area contributed by atoms with E-state index in [9.17, 15) is 0 Å². The first-order chi connectivity index (χ1) is 12.2. The Morgan fingerprint density at radius 1 is 0.920 bits per heavy atom. The van der Waals surface area contributed by atoms with Gasteiger partial charge in [0, 0.05) is 0 Å². The highest BCUT2D eigenvalue weighted by Crippen LogP contribution is 2.43. The summed E-state index contributed by atoms with van der Waals surface area (Å²) < 4.78 is 22.3. The summed E-state index contributed by atoms with van der Waals surface area (Å²) in [6.07, 6.45) is 3.03. The second kappa shape index (κ2) is 7.55. The van der Waals surface area contributed by atoms with Gasteiger partial charge >= 0.3 is 0 Å². The molecule has 0 radical (unpaired) electrons. The van der Waals surface area contributed by atoms with Crippen LogP contribution in [0.4, 0.5) is 5.69 Å². The van der Waals surface area contributed by atoms with Gasteiger partial charge in [0.2, 0.25) is 0 Å². The number of rotatable bonds is 7. The van der Waals surface area contributed by atoms with Crippen molar-refractivity contribution in [1.29, 1.82) is 0 Å². The molecule has 1 aliphatic rings. The summed E-state index contributed by atoms with van der Waals surface area (Å²) in [5.74, 6) is 3.06. The Kier molecular flexibility index (Phi) is 5.22. The summed E-state index contributed by atoms with van der Waals surface area (Å²) in [5.41, 5.74) is 3.58. The van der Waals surface area contributed by atoms with Crippen LogP contribution < -0.4 is 24.3 Å². The quantitative estimate of drug-likeness (QED) is 0.769. The van der Waals surface area contributed by atoms with Crippen molar-refractivity contribution in [2.75, 3.05) is 26.6 Å². The van der Waals surface area contributed by atoms with Crippen LogP contribution in [0.3, 0.4) is 0 Å². The van der Waals surface area contributed by atoms with E-state index in [1.807, 2.05) is 31.2 Å². The number of nitrogens with one attached hydrogen (secondary N) is 1. The molecule has 134 valence electrons. The van der Waals surface area contributed by atoms with Gasteiger partial charge in [0.25, 0.3) is 0 Å². The Morgan fingerprint density at radius 2 is 1.64 bits per heavy atom. The Bertz CT molecular complexity index is 727. The molecular formula is C20H25NO4. The highest BCUT2D eigenvalue weighted by Gasteiger charge is 2.24. The summed E-state index contributed by atoms with van der Waals surface area (Å²) in [6, 6.07) is 9.63. The molecule has 5 nitrogen and oxygen atoms in total. The monoisotopic (exact) mass is 343 g/mol. The lowest BCUT2D eigenvalue weighted by atomic mass is 10.1. The van der Waals surface area contributed by atoms with E-state index in [1.165, 1.54) is 11.1 Å². The van der Waals surface area contributed by atoms with Gasteiger partial charge in [0.1, 0.15) is 11.5 Å². The minimum absolute atomic E-state index is 0.223. The van der Waals surface area contributed by atoms with Gasteiger partial charge < -0.3 is 24.3 Å². The standard InChI is InChI=1S/C20H25NO4/c1-13(25-16-10-8-15(22-2)9-11-16)21-19-17-7-5-6-14(17)12-18(23-3)20(19)24-4/h8-13,21H,5-7H2,1-4H3. The topological polar surface area (TPSA) is 49.0 Å². The van der Waals surface area contributed by atoms with Gasteiger partial charge in [-0.05, 0) is 67.6 Å². The van der Waals surface area contributed by atoms with E-state index < -0.39 is 0 Å². The number of aryl methyl sites for hydroxylation is 1. The largest absolute Gasteiger partial charge is 0.497 e. The van der Waals surface area contributed by atoms with E-state index in [4.69, 9.17) is 18.9 Å². The van der Waals surface area contributed by atoms with Crippen LogP contribution in [-0.4, -0.2) is 27.6 Å². The van der Waals surface area contributed by atoms with E-state index in [2.05, 4.69) is 11.4 Å². The molecule has 1 unspecified atom stereocenters. The molecule has 0 aromatic heterocycles. The van der Waals surface area contributed by atoms with Crippen LogP contribution in [0.5, 0.6) is 23.0 Å². The Hall–Kier alpha value is -2.56. The zero-order chi connectivity index (χ0) is 17.8. The third kappa shape index (κ3) is 3.60. The predicted molar refractivity (Wildman–Crippen MR) is 98.3 cm³/mol. The lowest BCUT2D eigenvalue weighted by Gasteiger charge is -2.23. The molecular weight excluding hydrogens is 318 g/mol. The smallest absolute Gasteiger partial charge is 0.184 e. The Morgan fingerprint density at radius 3 is 2.28 bits per heavy atom. The summed E-state index contributed by atoms with van der Waals surface area (Å²) in [5, 5.41) is 3.46. The van der Waals surface area contributed by atoms with Crippen LogP contribution in [-0.2, 0) is 12.8 Å². The van der Waals surface area contributed by atoms with Gasteiger partial charge in [-0.3, -0.25) is 0 Å². The molecule has 3 rings (SSSR count). The number of fused-ring (bicyclic) bond motifs is 1. The molecule has 2 aromatic carbocycles. The van der Waals surface area contributed by atoms with Gasteiger partial charge in [0.05, 0.1) is 27.0 Å². The summed E-state index contributed by atoms with van der Waals surface area (Å²) in [6.45, 7) is 1.98. The number of benzene rings is 2. The van der Waals surface area contributed by atoms with Gasteiger partial charge in [-0.1, -0.05) is 0 Å². The number of methoxy groups -OCH3 is 3. The lowest BCUT2D eigenvalue weighted by Crippen LogP contribution is -2.23. The SMILES string of the molecule is COc1ccc(OC(C)Nc2c3c(cc(OC)c2OC)CCC3)cc1. The molecule has 0 saturated carbocycles. The number of hydrogen-bond acceptors (Lipinski definition) is 5. The normalized spacial score (nSPS) is 13.8. The molecule has 1 aliphatic carbocycles. The fourth-order valence-electron chi connectivity index (χ4n) is 3.29. The summed E-state index contributed by atoms with van der Waals surface area (Å²) >= 11 is 0. The van der Waals surface area contributed by atoms with Gasteiger partial charge in [-0.25, -0.2) is 0 Å². The van der Waals surface area contributed by atoms with Crippen molar-refractivity contribution in [2.45, 2.75) is 32.4 Å². The Labute approximate surface area is 148 Å². The average molecular weight is 343 g/mol. The van der Waals surface area contributed by atoms with E-state index in [0.29, 0.717) is 0 Å². The molecule has 0 bridgehead atoms. The van der Waals surface area contributed by atoms with Crippen LogP contribution in [0.1, 0.15) is 24.5 Å². The van der Waals surface area contributed by atoms with Crippen LogP contribution >= 0.6 is 0 Å². The van der Waals surface area contributed by atoms with Crippen molar-refractivity contribution in [2.24, 2.45) is 0 Å². The second-order valence-corrected chi connectivity index (χ2v) is 6.06. The number of ether oxygens (including phenoxy) is 4. The van der Waals surface area contributed by atoms with Crippen LogP contribution in [0.2, 0.25) is 0 Å². The first kappa shape index (κ1) is 17.3. The maximum atomic E-state index is 5.99. The third-order valence-electron chi connectivity index (χ3n) is 4.46. The highest BCUT2D eigenvalue weighted by atomic mass is 16.5. The number of anilines is 1. The van der Waals surface area contributed by atoms with Crippen molar-refractivity contribution in [3.63, 3.8) is 0 Å². The van der Waals surface area contributed by atoms with Gasteiger partial charge in [0.15, 0.2) is 17.7 Å². The van der Waals surface area contributed by atoms with Gasteiger partial charge in [-0.2, -0.15) is 0 Å². The number of hydrogen-bond donors (Lipinski definition) is 1. The van der Waals surface area contributed by atoms with E-state index in [0.717, 1.165) is 47.9 Å². The van der Waals surface area contributed by atoms with Crippen LogP contribution in [0.15, 0.2) is 30.3 Å². The molecule has 1 atom stereocenters. The van der Waals surface area contributed by atoms with Crippen molar-refractivity contribution in [3.05, 3.63) is 41.5 Å². The molecule has 25 heavy (non-hydrogen) atoms. The molecule has 1 N–H and O–H groups in total. The molecule has 0 spiro atoms. The average Bonchev–Trinajstić information content (AvgIpc) is 3.10. The molecule has 0 heterocycles. The summed E-state index contributed by atoms with van der Waals surface area (Å²) in [4.78, 5) is 0. The zero-order valence-corrected chi connectivity index (χ0v) is 15.2. The van der Waals surface area contributed by atoms with Crippen molar-refractivity contribution >= 4 is 5.69 Å². The van der Waals surface area contributed by atoms with E-state index in [-0.39, 0.29) is 6.23 Å². The van der Waals surface area contributed by atoms with E-state index in [1.54, 1.807) is 21.3 Å². The third-order valence-corrected chi connectivity index (χ3v) is 4.46. The fourth-order valence-corrected chi connectivity index (χ4v) is 3.29. The maximum absolute atomic E-state index is 5.99. The molecule has 5 heteroatoms. The highest BCUT2D eigenvalue weighted by molar-refractivity contribution is 5.71. The fraction of sp³-hybridized carbons (Fsp3) is 0.400. The molecule has 0 fully saturated rings. The molecule has 0 amide bonds. The summed E-state index contributed by atoms with van der Waals surface area (Å²) in [7, 11) is 4.98. The Balaban J connectivity index is 1.82. The molecule has 0 aliphatic heterocycles. The van der Waals surface area contributed by atoms with Gasteiger partial charge in [-0.15, -0.1) is 0 Å². The maximum Gasteiger partial charge on any atom is 0.184 e. The molecule has 0 saturated heterocycles. The van der Waals surface area contributed by atoms with Crippen LogP contribution in [0, 0.1) is 0 Å². The lowest BCUT2D eigenvalue weighted by molar-refractivity contribution is 0.249. The zero-order valence-electron chi connectivity index (χ0n) is 15.2. The predicted octanol–water partition coefficient (Wildman–Crippen LogP) is 4.04. The minimum atomic E-state index is -0.223. The van der Waals surface area contributed by atoms with Crippen molar-refractivity contribution < 1.29 is 18.9 Å². The first-order valence-electron chi connectivity index (χ1n) is 8.50. The minimum Gasteiger partial charge on any atom is -0.497 e. The second-order valence-electron chi connectivity index (χ2n) is 6.06. The molecule has 2 aromatic rings. The van der Waals surface area contributed by atoms with Crippen molar-refractivity contribution in [3.8, 4) is 23.0 Å². The van der Waals surface area contributed by atoms with E-state index >= 15 is 0 Å².